The third kappa shape index (κ3) is 2.89. The van der Waals surface area contributed by atoms with Crippen LogP contribution in [0.1, 0.15) is 18.9 Å². The lowest BCUT2D eigenvalue weighted by Crippen LogP contribution is -2.33. The molecule has 1 heterocycles. The van der Waals surface area contributed by atoms with Crippen LogP contribution in [0.3, 0.4) is 0 Å². The number of carboxylic acids is 1. The molecule has 0 radical (unpaired) electrons. The Hall–Kier alpha value is -1.56. The van der Waals surface area contributed by atoms with Crippen molar-refractivity contribution in [3.63, 3.8) is 0 Å². The minimum Gasteiger partial charge on any atom is -0.481 e. The van der Waals surface area contributed by atoms with Crippen LogP contribution in [0.25, 0.3) is 0 Å². The Morgan fingerprint density at radius 3 is 2.84 bits per heavy atom. The first-order valence-electron chi connectivity index (χ1n) is 5.79. The third-order valence-corrected chi connectivity index (χ3v) is 3.89. The average molecular weight is 328 g/mol. The van der Waals surface area contributed by atoms with Crippen molar-refractivity contribution in [3.8, 4) is 0 Å². The molecule has 1 unspecified atom stereocenters. The van der Waals surface area contributed by atoms with E-state index in [4.69, 9.17) is 9.84 Å². The molecule has 0 bridgehead atoms. The molecule has 102 valence electrons. The van der Waals surface area contributed by atoms with Crippen molar-refractivity contribution >= 4 is 33.7 Å². The van der Waals surface area contributed by atoms with Crippen molar-refractivity contribution in [1.29, 1.82) is 0 Å². The average Bonchev–Trinajstić information content (AvgIpc) is 2.57. The van der Waals surface area contributed by atoms with Crippen LogP contribution in [0.15, 0.2) is 22.7 Å². The number of nitrogens with zero attached hydrogens (tertiary/aromatic N) is 1. The van der Waals surface area contributed by atoms with Crippen LogP contribution in [0.5, 0.6) is 0 Å². The van der Waals surface area contributed by atoms with E-state index in [0.29, 0.717) is 5.69 Å². The Labute approximate surface area is 119 Å². The van der Waals surface area contributed by atoms with Crippen molar-refractivity contribution in [3.05, 3.63) is 28.2 Å². The van der Waals surface area contributed by atoms with Gasteiger partial charge in [-0.3, -0.25) is 9.69 Å². The second kappa shape index (κ2) is 4.85. The van der Waals surface area contributed by atoms with E-state index in [-0.39, 0.29) is 13.0 Å². The second-order valence-corrected chi connectivity index (χ2v) is 5.76. The highest BCUT2D eigenvalue weighted by molar-refractivity contribution is 9.10. The van der Waals surface area contributed by atoms with Gasteiger partial charge in [0.15, 0.2) is 0 Å². The van der Waals surface area contributed by atoms with Crippen molar-refractivity contribution in [1.82, 2.24) is 0 Å². The largest absolute Gasteiger partial charge is 0.481 e. The van der Waals surface area contributed by atoms with Crippen molar-refractivity contribution in [2.24, 2.45) is 0 Å². The van der Waals surface area contributed by atoms with Crippen molar-refractivity contribution in [2.75, 3.05) is 11.4 Å². The fourth-order valence-corrected chi connectivity index (χ4v) is 2.42. The first kappa shape index (κ1) is 13.9. The number of anilines is 1. The number of aryl methyl sites for hydroxylation is 1. The molecule has 0 aromatic heterocycles. The fourth-order valence-electron chi connectivity index (χ4n) is 2.06. The van der Waals surface area contributed by atoms with Gasteiger partial charge in [0.25, 0.3) is 0 Å². The lowest BCUT2D eigenvalue weighted by molar-refractivity contribution is -0.140. The standard InChI is InChI=1S/C13H14BrNO4/c1-8-3-4-9(5-10(8)14)15-7-13(2,6-11(16)17)19-12(15)18/h3-5H,6-7H2,1-2H3,(H,16,17). The van der Waals surface area contributed by atoms with E-state index in [1.807, 2.05) is 25.1 Å². The van der Waals surface area contributed by atoms with Gasteiger partial charge >= 0.3 is 12.1 Å². The Morgan fingerprint density at radius 2 is 2.26 bits per heavy atom. The lowest BCUT2D eigenvalue weighted by Gasteiger charge is -2.19. The van der Waals surface area contributed by atoms with Gasteiger partial charge in [-0.2, -0.15) is 0 Å². The van der Waals surface area contributed by atoms with Gasteiger partial charge in [-0.05, 0) is 31.5 Å². The summed E-state index contributed by atoms with van der Waals surface area (Å²) < 4.78 is 6.08. The summed E-state index contributed by atoms with van der Waals surface area (Å²) in [5.74, 6) is -0.984. The summed E-state index contributed by atoms with van der Waals surface area (Å²) in [5, 5.41) is 8.85. The van der Waals surface area contributed by atoms with Gasteiger partial charge in [0.05, 0.1) is 13.0 Å². The van der Waals surface area contributed by atoms with E-state index >= 15 is 0 Å². The number of carboxylic acid groups (broad SMARTS) is 1. The predicted molar refractivity (Wildman–Crippen MR) is 73.4 cm³/mol. The summed E-state index contributed by atoms with van der Waals surface area (Å²) >= 11 is 3.41. The summed E-state index contributed by atoms with van der Waals surface area (Å²) in [4.78, 5) is 24.1. The van der Waals surface area contributed by atoms with E-state index in [0.717, 1.165) is 10.0 Å². The molecule has 1 saturated heterocycles. The van der Waals surface area contributed by atoms with Crippen LogP contribution in [-0.2, 0) is 9.53 Å². The van der Waals surface area contributed by atoms with Crippen molar-refractivity contribution < 1.29 is 19.4 Å². The number of hydrogen-bond acceptors (Lipinski definition) is 3. The number of aliphatic carboxylic acids is 1. The summed E-state index contributed by atoms with van der Waals surface area (Å²) in [6, 6.07) is 5.52. The van der Waals surface area contributed by atoms with Gasteiger partial charge < -0.3 is 9.84 Å². The zero-order valence-corrected chi connectivity index (χ0v) is 12.2. The quantitative estimate of drug-likeness (QED) is 0.926. The van der Waals surface area contributed by atoms with E-state index in [1.54, 1.807) is 6.92 Å². The van der Waals surface area contributed by atoms with Crippen molar-refractivity contribution in [2.45, 2.75) is 25.9 Å². The number of carbonyl (C=O) groups excluding carboxylic acids is 1. The molecule has 1 aromatic rings. The Bertz CT molecular complexity index is 545. The van der Waals surface area contributed by atoms with Gasteiger partial charge in [0, 0.05) is 10.2 Å². The minimum absolute atomic E-state index is 0.206. The Balaban J connectivity index is 2.24. The molecule has 1 aliphatic heterocycles. The molecular formula is C13H14BrNO4. The van der Waals surface area contributed by atoms with E-state index < -0.39 is 17.7 Å². The number of carbonyl (C=O) groups is 2. The number of benzene rings is 1. The van der Waals surface area contributed by atoms with E-state index in [1.165, 1.54) is 4.90 Å². The summed E-state index contributed by atoms with van der Waals surface area (Å²) in [6.45, 7) is 3.81. The van der Waals surface area contributed by atoms with Gasteiger partial charge in [0.1, 0.15) is 5.60 Å². The molecule has 1 fully saturated rings. The van der Waals surface area contributed by atoms with Crippen LogP contribution in [0.2, 0.25) is 0 Å². The molecule has 19 heavy (non-hydrogen) atoms. The lowest BCUT2D eigenvalue weighted by atomic mass is 10.0. The highest BCUT2D eigenvalue weighted by Gasteiger charge is 2.43. The van der Waals surface area contributed by atoms with E-state index in [2.05, 4.69) is 15.9 Å². The number of ether oxygens (including phenoxy) is 1. The highest BCUT2D eigenvalue weighted by atomic mass is 79.9. The van der Waals surface area contributed by atoms with E-state index in [9.17, 15) is 9.59 Å². The summed E-state index contributed by atoms with van der Waals surface area (Å²) in [6.07, 6.45) is -0.720. The maximum atomic E-state index is 11.9. The molecule has 0 saturated carbocycles. The van der Waals surface area contributed by atoms with Gasteiger partial charge in [-0.1, -0.05) is 22.0 Å². The fraction of sp³-hybridized carbons (Fsp3) is 0.385. The zero-order valence-electron chi connectivity index (χ0n) is 10.6. The second-order valence-electron chi connectivity index (χ2n) is 4.91. The summed E-state index contributed by atoms with van der Waals surface area (Å²) in [5.41, 5.74) is 0.765. The molecule has 2 rings (SSSR count). The summed E-state index contributed by atoms with van der Waals surface area (Å²) in [7, 11) is 0. The first-order valence-corrected chi connectivity index (χ1v) is 6.58. The van der Waals surface area contributed by atoms with Crippen LogP contribution in [0.4, 0.5) is 10.5 Å². The van der Waals surface area contributed by atoms with Gasteiger partial charge in [0.2, 0.25) is 0 Å². The highest BCUT2D eigenvalue weighted by Crippen LogP contribution is 2.32. The molecule has 1 aliphatic rings. The molecule has 5 nitrogen and oxygen atoms in total. The Morgan fingerprint density at radius 1 is 1.58 bits per heavy atom. The monoisotopic (exact) mass is 327 g/mol. The van der Waals surface area contributed by atoms with Gasteiger partial charge in [-0.25, -0.2) is 4.79 Å². The minimum atomic E-state index is -0.986. The normalized spacial score (nSPS) is 22.5. The molecule has 0 aliphatic carbocycles. The number of amides is 1. The third-order valence-electron chi connectivity index (χ3n) is 3.04. The smallest absolute Gasteiger partial charge is 0.415 e. The predicted octanol–water partition coefficient (Wildman–Crippen LogP) is 2.95. The number of halogens is 1. The Kier molecular flexibility index (Phi) is 3.54. The maximum Gasteiger partial charge on any atom is 0.415 e. The topological polar surface area (TPSA) is 66.8 Å². The number of hydrogen-bond donors (Lipinski definition) is 1. The molecule has 1 aromatic carbocycles. The van der Waals surface area contributed by atoms with Crippen LogP contribution < -0.4 is 4.90 Å². The molecular weight excluding hydrogens is 314 g/mol. The van der Waals surface area contributed by atoms with Crippen LogP contribution in [0, 0.1) is 6.92 Å². The molecule has 1 atom stereocenters. The molecule has 1 amide bonds. The van der Waals surface area contributed by atoms with Crippen LogP contribution >= 0.6 is 15.9 Å². The molecule has 1 N–H and O–H groups in total. The number of cyclic esters (lactones) is 1. The number of rotatable bonds is 3. The SMILES string of the molecule is Cc1ccc(N2CC(C)(CC(=O)O)OC2=O)cc1Br. The first-order chi connectivity index (χ1) is 8.81. The van der Waals surface area contributed by atoms with Gasteiger partial charge in [-0.15, -0.1) is 0 Å². The molecule has 0 spiro atoms. The molecule has 6 heteroatoms. The zero-order chi connectivity index (χ0) is 14.2. The van der Waals surface area contributed by atoms with Crippen LogP contribution in [-0.4, -0.2) is 29.3 Å². The maximum absolute atomic E-state index is 11.9.